The van der Waals surface area contributed by atoms with Crippen molar-refractivity contribution in [2.24, 2.45) is 5.92 Å². The fourth-order valence-corrected chi connectivity index (χ4v) is 2.48. The smallest absolute Gasteiger partial charge is 0.133 e. The standard InChI is InChI=1S/C14H20BrNO3/c1-17-12-2-3-14(13(15)8-12)19-7-5-16-9-11-4-6-18-10-11/h2-3,8,11,16H,4-7,9-10H2,1H3. The Morgan fingerprint density at radius 1 is 1.47 bits per heavy atom. The molecule has 0 bridgehead atoms. The Hall–Kier alpha value is -0.780. The summed E-state index contributed by atoms with van der Waals surface area (Å²) in [4.78, 5) is 0. The van der Waals surface area contributed by atoms with Crippen LogP contribution >= 0.6 is 15.9 Å². The Morgan fingerprint density at radius 3 is 3.05 bits per heavy atom. The van der Waals surface area contributed by atoms with Crippen LogP contribution in [0.15, 0.2) is 22.7 Å². The Labute approximate surface area is 122 Å². The van der Waals surface area contributed by atoms with Gasteiger partial charge in [0.05, 0.1) is 18.2 Å². The molecule has 0 aliphatic carbocycles. The van der Waals surface area contributed by atoms with Crippen molar-refractivity contribution in [3.8, 4) is 11.5 Å². The highest BCUT2D eigenvalue weighted by molar-refractivity contribution is 9.10. The minimum atomic E-state index is 0.651. The van der Waals surface area contributed by atoms with Gasteiger partial charge in [-0.1, -0.05) is 0 Å². The van der Waals surface area contributed by atoms with Crippen molar-refractivity contribution in [1.29, 1.82) is 0 Å². The second-order valence-corrected chi connectivity index (χ2v) is 5.43. The molecule has 0 spiro atoms. The molecular weight excluding hydrogens is 310 g/mol. The van der Waals surface area contributed by atoms with Gasteiger partial charge < -0.3 is 19.5 Å². The molecule has 1 aromatic rings. The van der Waals surface area contributed by atoms with E-state index in [0.717, 1.165) is 48.7 Å². The lowest BCUT2D eigenvalue weighted by atomic mass is 10.1. The first-order valence-electron chi connectivity index (χ1n) is 6.54. The molecule has 4 nitrogen and oxygen atoms in total. The van der Waals surface area contributed by atoms with Crippen molar-refractivity contribution in [2.45, 2.75) is 6.42 Å². The first-order chi connectivity index (χ1) is 9.29. The number of nitrogens with one attached hydrogen (secondary N) is 1. The van der Waals surface area contributed by atoms with Gasteiger partial charge in [0.15, 0.2) is 0 Å². The van der Waals surface area contributed by atoms with E-state index in [1.165, 1.54) is 0 Å². The number of benzene rings is 1. The summed E-state index contributed by atoms with van der Waals surface area (Å²) in [6.07, 6.45) is 1.16. The van der Waals surface area contributed by atoms with Gasteiger partial charge in [-0.25, -0.2) is 0 Å². The predicted molar refractivity (Wildman–Crippen MR) is 78.0 cm³/mol. The van der Waals surface area contributed by atoms with Gasteiger partial charge in [-0.15, -0.1) is 0 Å². The lowest BCUT2D eigenvalue weighted by Crippen LogP contribution is -2.27. The molecule has 1 heterocycles. The van der Waals surface area contributed by atoms with Gasteiger partial charge in [-0.05, 0) is 46.5 Å². The minimum Gasteiger partial charge on any atom is -0.497 e. The molecule has 1 unspecified atom stereocenters. The lowest BCUT2D eigenvalue weighted by Gasteiger charge is -2.11. The minimum absolute atomic E-state index is 0.651. The van der Waals surface area contributed by atoms with Crippen LogP contribution in [0.5, 0.6) is 11.5 Å². The van der Waals surface area contributed by atoms with Gasteiger partial charge >= 0.3 is 0 Å². The van der Waals surface area contributed by atoms with Crippen molar-refractivity contribution in [2.75, 3.05) is 40.0 Å². The van der Waals surface area contributed by atoms with E-state index in [0.29, 0.717) is 12.5 Å². The summed E-state index contributed by atoms with van der Waals surface area (Å²) in [5, 5.41) is 3.39. The molecule has 1 aliphatic heterocycles. The van der Waals surface area contributed by atoms with Crippen molar-refractivity contribution in [3.05, 3.63) is 22.7 Å². The SMILES string of the molecule is COc1ccc(OCCNCC2CCOC2)c(Br)c1. The third kappa shape index (κ3) is 4.67. The van der Waals surface area contributed by atoms with Crippen molar-refractivity contribution in [1.82, 2.24) is 5.32 Å². The molecule has 1 atom stereocenters. The zero-order chi connectivity index (χ0) is 13.5. The molecule has 0 amide bonds. The number of hydrogen-bond acceptors (Lipinski definition) is 4. The highest BCUT2D eigenvalue weighted by atomic mass is 79.9. The van der Waals surface area contributed by atoms with Crippen LogP contribution in [0.2, 0.25) is 0 Å². The van der Waals surface area contributed by atoms with Crippen molar-refractivity contribution in [3.63, 3.8) is 0 Å². The highest BCUT2D eigenvalue weighted by Gasteiger charge is 2.14. The van der Waals surface area contributed by atoms with Gasteiger partial charge in [-0.2, -0.15) is 0 Å². The van der Waals surface area contributed by atoms with Crippen molar-refractivity contribution < 1.29 is 14.2 Å². The van der Waals surface area contributed by atoms with E-state index in [9.17, 15) is 0 Å². The molecule has 1 aliphatic rings. The molecule has 0 aromatic heterocycles. The van der Waals surface area contributed by atoms with Gasteiger partial charge in [0.1, 0.15) is 18.1 Å². The number of ether oxygens (including phenoxy) is 3. The largest absolute Gasteiger partial charge is 0.497 e. The first kappa shape index (κ1) is 14.6. The Morgan fingerprint density at radius 2 is 2.37 bits per heavy atom. The fraction of sp³-hybridized carbons (Fsp3) is 0.571. The molecule has 106 valence electrons. The predicted octanol–water partition coefficient (Wildman–Crippen LogP) is 2.46. The topological polar surface area (TPSA) is 39.7 Å². The van der Waals surface area contributed by atoms with E-state index in [4.69, 9.17) is 14.2 Å². The third-order valence-corrected chi connectivity index (χ3v) is 3.75. The summed E-state index contributed by atoms with van der Waals surface area (Å²) in [5.41, 5.74) is 0. The van der Waals surface area contributed by atoms with E-state index < -0.39 is 0 Å². The van der Waals surface area contributed by atoms with Crippen LogP contribution < -0.4 is 14.8 Å². The summed E-state index contributed by atoms with van der Waals surface area (Å²) < 4.78 is 17.1. The van der Waals surface area contributed by atoms with Crippen LogP contribution in [-0.2, 0) is 4.74 Å². The molecule has 2 rings (SSSR count). The van der Waals surface area contributed by atoms with Crippen LogP contribution in [-0.4, -0.2) is 40.0 Å². The van der Waals surface area contributed by atoms with Gasteiger partial charge in [-0.3, -0.25) is 0 Å². The third-order valence-electron chi connectivity index (χ3n) is 3.13. The Kier molecular flexibility index (Phi) is 5.94. The normalized spacial score (nSPS) is 18.5. The molecular formula is C14H20BrNO3. The highest BCUT2D eigenvalue weighted by Crippen LogP contribution is 2.28. The summed E-state index contributed by atoms with van der Waals surface area (Å²) in [7, 11) is 1.65. The monoisotopic (exact) mass is 329 g/mol. The average molecular weight is 330 g/mol. The quantitative estimate of drug-likeness (QED) is 0.780. The molecule has 5 heteroatoms. The fourth-order valence-electron chi connectivity index (χ4n) is 2.01. The average Bonchev–Trinajstić information content (AvgIpc) is 2.93. The molecule has 1 aromatic carbocycles. The van der Waals surface area contributed by atoms with E-state index in [1.54, 1.807) is 7.11 Å². The maximum absolute atomic E-state index is 5.70. The molecule has 1 saturated heterocycles. The Bertz CT molecular complexity index is 394. The number of halogens is 1. The molecule has 1 fully saturated rings. The van der Waals surface area contributed by atoms with Crippen LogP contribution in [0, 0.1) is 5.92 Å². The van der Waals surface area contributed by atoms with Gasteiger partial charge in [0, 0.05) is 19.7 Å². The molecule has 0 saturated carbocycles. The van der Waals surface area contributed by atoms with E-state index >= 15 is 0 Å². The van der Waals surface area contributed by atoms with Crippen LogP contribution in [0.4, 0.5) is 0 Å². The zero-order valence-corrected chi connectivity index (χ0v) is 12.7. The van der Waals surface area contributed by atoms with E-state index in [1.807, 2.05) is 18.2 Å². The van der Waals surface area contributed by atoms with Gasteiger partial charge in [0.2, 0.25) is 0 Å². The summed E-state index contributed by atoms with van der Waals surface area (Å²) >= 11 is 3.47. The lowest BCUT2D eigenvalue weighted by molar-refractivity contribution is 0.185. The zero-order valence-electron chi connectivity index (χ0n) is 11.2. The maximum atomic E-state index is 5.70. The summed E-state index contributed by atoms with van der Waals surface area (Å²) in [6, 6.07) is 5.70. The molecule has 19 heavy (non-hydrogen) atoms. The second-order valence-electron chi connectivity index (χ2n) is 4.58. The summed E-state index contributed by atoms with van der Waals surface area (Å²) in [5.74, 6) is 2.32. The second kappa shape index (κ2) is 7.72. The maximum Gasteiger partial charge on any atom is 0.133 e. The van der Waals surface area contributed by atoms with E-state index in [2.05, 4.69) is 21.2 Å². The van der Waals surface area contributed by atoms with E-state index in [-0.39, 0.29) is 0 Å². The number of hydrogen-bond donors (Lipinski definition) is 1. The van der Waals surface area contributed by atoms with Crippen LogP contribution in [0.25, 0.3) is 0 Å². The Balaban J connectivity index is 1.64. The van der Waals surface area contributed by atoms with Crippen LogP contribution in [0.1, 0.15) is 6.42 Å². The number of rotatable bonds is 7. The number of methoxy groups -OCH3 is 1. The first-order valence-corrected chi connectivity index (χ1v) is 7.33. The van der Waals surface area contributed by atoms with Gasteiger partial charge in [0.25, 0.3) is 0 Å². The summed E-state index contributed by atoms with van der Waals surface area (Å²) in [6.45, 7) is 4.29. The molecule has 0 radical (unpaired) electrons. The van der Waals surface area contributed by atoms with Crippen molar-refractivity contribution >= 4 is 15.9 Å². The van der Waals surface area contributed by atoms with Crippen LogP contribution in [0.3, 0.4) is 0 Å². The molecule has 1 N–H and O–H groups in total.